The third-order valence-electron chi connectivity index (χ3n) is 5.73. The van der Waals surface area contributed by atoms with E-state index < -0.39 is 30.1 Å². The van der Waals surface area contributed by atoms with Crippen LogP contribution in [0.2, 0.25) is 10.0 Å². The maximum absolute atomic E-state index is 13.9. The number of carboxylic acid groups (broad SMARTS) is 1. The number of aliphatic carboxylic acids is 1. The number of esters is 1. The Morgan fingerprint density at radius 1 is 1.23 bits per heavy atom. The number of halogens is 3. The summed E-state index contributed by atoms with van der Waals surface area (Å²) in [6, 6.07) is 7.47. The highest BCUT2D eigenvalue weighted by Gasteiger charge is 2.35. The molecule has 0 amide bonds. The van der Waals surface area contributed by atoms with Gasteiger partial charge in [-0.1, -0.05) is 50.5 Å². The molecule has 1 aliphatic rings. The Kier molecular flexibility index (Phi) is 9.09. The van der Waals surface area contributed by atoms with Gasteiger partial charge in [0.15, 0.2) is 17.2 Å². The lowest BCUT2D eigenvalue weighted by Crippen LogP contribution is -2.40. The van der Waals surface area contributed by atoms with Gasteiger partial charge in [0.1, 0.15) is 11.8 Å². The maximum atomic E-state index is 13.9. The van der Waals surface area contributed by atoms with Crippen molar-refractivity contribution in [2.24, 2.45) is 4.99 Å². The standard InChI is InChI=1S/C27H23BrCl2N2O7S/c1-12(2)39-26(36)22-13(3)31-27-32(23(22)16-10-15(28)5-6-19(16)37-4)25(35)20(40-27)9-14-7-17(29)24(18(30)8-14)38-11-21(33)34/h5-10,12,23H,11H2,1-4H3,(H,33,34)/b20-9-/t23-/m1/s1. The maximum Gasteiger partial charge on any atom is 0.341 e. The number of carbonyl (C=O) groups excluding carboxylic acids is 1. The van der Waals surface area contributed by atoms with Gasteiger partial charge in [-0.05, 0) is 62.7 Å². The molecule has 1 aromatic heterocycles. The summed E-state index contributed by atoms with van der Waals surface area (Å²) in [4.78, 5) is 43.0. The second-order valence-corrected chi connectivity index (χ2v) is 11.7. The number of fused-ring (bicyclic) bond motifs is 1. The Balaban J connectivity index is 1.92. The monoisotopic (exact) mass is 668 g/mol. The summed E-state index contributed by atoms with van der Waals surface area (Å²) in [7, 11) is 1.51. The highest BCUT2D eigenvalue weighted by Crippen LogP contribution is 2.38. The van der Waals surface area contributed by atoms with Crippen LogP contribution in [0, 0.1) is 0 Å². The third kappa shape index (κ3) is 6.12. The molecular weight excluding hydrogens is 647 g/mol. The lowest BCUT2D eigenvalue weighted by molar-refractivity contribution is -0.143. The zero-order chi connectivity index (χ0) is 29.3. The summed E-state index contributed by atoms with van der Waals surface area (Å²) < 4.78 is 18.8. The zero-order valence-electron chi connectivity index (χ0n) is 21.7. The van der Waals surface area contributed by atoms with Crippen molar-refractivity contribution in [1.82, 2.24) is 4.57 Å². The number of benzene rings is 2. The third-order valence-corrected chi connectivity index (χ3v) is 7.77. The molecule has 0 spiro atoms. The Hall–Kier alpha value is -3.12. The summed E-state index contributed by atoms with van der Waals surface area (Å²) in [6.07, 6.45) is 1.20. The van der Waals surface area contributed by atoms with Crippen LogP contribution < -0.4 is 24.4 Å². The molecule has 40 heavy (non-hydrogen) atoms. The highest BCUT2D eigenvalue weighted by atomic mass is 79.9. The molecule has 1 aliphatic heterocycles. The van der Waals surface area contributed by atoms with E-state index in [9.17, 15) is 14.4 Å². The Morgan fingerprint density at radius 3 is 2.50 bits per heavy atom. The van der Waals surface area contributed by atoms with Gasteiger partial charge in [0, 0.05) is 10.0 Å². The first kappa shape index (κ1) is 29.9. The topological polar surface area (TPSA) is 116 Å². The number of hydrogen-bond acceptors (Lipinski definition) is 8. The minimum Gasteiger partial charge on any atom is -0.496 e. The van der Waals surface area contributed by atoms with Gasteiger partial charge in [0.25, 0.3) is 5.56 Å². The number of aromatic nitrogens is 1. The summed E-state index contributed by atoms with van der Waals surface area (Å²) in [5.74, 6) is -1.27. The largest absolute Gasteiger partial charge is 0.496 e. The predicted octanol–water partition coefficient (Wildman–Crippen LogP) is 4.73. The number of hydrogen-bond donors (Lipinski definition) is 1. The number of methoxy groups -OCH3 is 1. The number of carboxylic acids is 1. The number of carbonyl (C=O) groups is 2. The second kappa shape index (κ2) is 12.2. The quantitative estimate of drug-likeness (QED) is 0.345. The molecule has 0 saturated carbocycles. The van der Waals surface area contributed by atoms with E-state index in [0.717, 1.165) is 15.8 Å². The number of rotatable bonds is 8. The van der Waals surface area contributed by atoms with Crippen molar-refractivity contribution in [2.75, 3.05) is 13.7 Å². The fourth-order valence-electron chi connectivity index (χ4n) is 4.16. The number of ether oxygens (including phenoxy) is 3. The predicted molar refractivity (Wildman–Crippen MR) is 155 cm³/mol. The zero-order valence-corrected chi connectivity index (χ0v) is 25.6. The Morgan fingerprint density at radius 2 is 1.90 bits per heavy atom. The van der Waals surface area contributed by atoms with Gasteiger partial charge in [-0.3, -0.25) is 9.36 Å². The van der Waals surface area contributed by atoms with Crippen LogP contribution in [0.5, 0.6) is 11.5 Å². The normalized spacial score (nSPS) is 15.1. The molecule has 2 aromatic carbocycles. The molecule has 0 unspecified atom stereocenters. The van der Waals surface area contributed by atoms with E-state index in [2.05, 4.69) is 20.9 Å². The van der Waals surface area contributed by atoms with Crippen LogP contribution in [0.15, 0.2) is 55.9 Å². The van der Waals surface area contributed by atoms with Gasteiger partial charge >= 0.3 is 11.9 Å². The van der Waals surface area contributed by atoms with Gasteiger partial charge in [-0.15, -0.1) is 0 Å². The van der Waals surface area contributed by atoms with Crippen molar-refractivity contribution >= 4 is 68.5 Å². The van der Waals surface area contributed by atoms with Gasteiger partial charge in [0.2, 0.25) is 0 Å². The van der Waals surface area contributed by atoms with E-state index >= 15 is 0 Å². The van der Waals surface area contributed by atoms with Crippen molar-refractivity contribution in [2.45, 2.75) is 32.9 Å². The first-order valence-corrected chi connectivity index (χ1v) is 14.2. The van der Waals surface area contributed by atoms with E-state index in [1.54, 1.807) is 45.0 Å². The van der Waals surface area contributed by atoms with E-state index in [-0.39, 0.29) is 27.5 Å². The van der Waals surface area contributed by atoms with Crippen LogP contribution in [0.3, 0.4) is 0 Å². The van der Waals surface area contributed by atoms with Crippen LogP contribution in [-0.2, 0) is 14.3 Å². The average Bonchev–Trinajstić information content (AvgIpc) is 3.16. The fourth-order valence-corrected chi connectivity index (χ4v) is 6.20. The number of nitrogens with zero attached hydrogens (tertiary/aromatic N) is 2. The molecule has 0 saturated heterocycles. The Labute approximate surface area is 251 Å². The average molecular weight is 670 g/mol. The molecular formula is C27H23BrCl2N2O7S. The SMILES string of the molecule is COc1ccc(Br)cc1[C@@H]1C(C(=O)OC(C)C)=C(C)N=c2s/c(=C\c3cc(Cl)c(OCC(=O)O)c(Cl)c3)c(=O)n21. The molecule has 1 atom stereocenters. The first-order valence-electron chi connectivity index (χ1n) is 11.8. The smallest absolute Gasteiger partial charge is 0.341 e. The van der Waals surface area contributed by atoms with E-state index in [1.165, 1.54) is 23.8 Å². The highest BCUT2D eigenvalue weighted by molar-refractivity contribution is 9.10. The van der Waals surface area contributed by atoms with Crippen molar-refractivity contribution < 1.29 is 28.9 Å². The van der Waals surface area contributed by atoms with Gasteiger partial charge < -0.3 is 19.3 Å². The molecule has 0 radical (unpaired) electrons. The molecule has 4 rings (SSSR count). The van der Waals surface area contributed by atoms with E-state index in [0.29, 0.717) is 31.9 Å². The Bertz CT molecular complexity index is 1710. The van der Waals surface area contributed by atoms with Crippen molar-refractivity contribution in [3.05, 3.63) is 86.9 Å². The van der Waals surface area contributed by atoms with Crippen LogP contribution in [0.25, 0.3) is 6.08 Å². The molecule has 9 nitrogen and oxygen atoms in total. The fraction of sp³-hybridized carbons (Fsp3) is 0.259. The number of thiazole rings is 1. The second-order valence-electron chi connectivity index (χ2n) is 8.92. The molecule has 13 heteroatoms. The summed E-state index contributed by atoms with van der Waals surface area (Å²) in [5, 5.41) is 9.04. The van der Waals surface area contributed by atoms with Crippen LogP contribution >= 0.6 is 50.5 Å². The number of allylic oxidation sites excluding steroid dienone is 1. The van der Waals surface area contributed by atoms with Gasteiger partial charge in [0.05, 0.1) is 39.1 Å². The molecule has 2 heterocycles. The van der Waals surface area contributed by atoms with Crippen LogP contribution in [0.1, 0.15) is 37.9 Å². The van der Waals surface area contributed by atoms with E-state index in [1.807, 2.05) is 0 Å². The van der Waals surface area contributed by atoms with Crippen LogP contribution in [0.4, 0.5) is 0 Å². The molecule has 210 valence electrons. The molecule has 3 aromatic rings. The van der Waals surface area contributed by atoms with Crippen LogP contribution in [-0.4, -0.2) is 41.4 Å². The molecule has 1 N–H and O–H groups in total. The van der Waals surface area contributed by atoms with Crippen molar-refractivity contribution in [1.29, 1.82) is 0 Å². The summed E-state index contributed by atoms with van der Waals surface area (Å²) in [5.41, 5.74) is 1.28. The summed E-state index contributed by atoms with van der Waals surface area (Å²) in [6.45, 7) is 4.57. The molecule has 0 fully saturated rings. The van der Waals surface area contributed by atoms with Gasteiger partial charge in [-0.25, -0.2) is 14.6 Å². The lowest BCUT2D eigenvalue weighted by atomic mass is 9.95. The minimum absolute atomic E-state index is 0.0232. The van der Waals surface area contributed by atoms with Gasteiger partial charge in [-0.2, -0.15) is 0 Å². The minimum atomic E-state index is -1.18. The first-order chi connectivity index (χ1) is 18.9. The van der Waals surface area contributed by atoms with Crippen molar-refractivity contribution in [3.63, 3.8) is 0 Å². The molecule has 0 bridgehead atoms. The summed E-state index contributed by atoms with van der Waals surface area (Å²) >= 11 is 17.2. The van der Waals surface area contributed by atoms with Crippen molar-refractivity contribution in [3.8, 4) is 11.5 Å². The van der Waals surface area contributed by atoms with E-state index in [4.69, 9.17) is 42.5 Å². The molecule has 0 aliphatic carbocycles. The lowest BCUT2D eigenvalue weighted by Gasteiger charge is -2.26.